The van der Waals surface area contributed by atoms with E-state index in [-0.39, 0.29) is 0 Å². The van der Waals surface area contributed by atoms with Crippen LogP contribution in [0.1, 0.15) is 43.7 Å². The molecule has 1 aromatic heterocycles. The van der Waals surface area contributed by atoms with Gasteiger partial charge in [0.25, 0.3) is 0 Å². The summed E-state index contributed by atoms with van der Waals surface area (Å²) in [7, 11) is 0. The zero-order valence-corrected chi connectivity index (χ0v) is 13.5. The van der Waals surface area contributed by atoms with Crippen LogP contribution in [0, 0.1) is 0 Å². The molecule has 0 amide bonds. The normalized spacial score (nSPS) is 19.6. The molecule has 2 heterocycles. The van der Waals surface area contributed by atoms with Gasteiger partial charge in [-0.1, -0.05) is 36.8 Å². The SMILES string of the molecule is NC1CCN(c2cnc(-c3ccccc3)nc2C2CCC2)CC1. The number of benzene rings is 1. The van der Waals surface area contributed by atoms with Gasteiger partial charge in [-0.3, -0.25) is 0 Å². The van der Waals surface area contributed by atoms with E-state index in [9.17, 15) is 0 Å². The van der Waals surface area contributed by atoms with Gasteiger partial charge >= 0.3 is 0 Å². The third-order valence-corrected chi connectivity index (χ3v) is 5.20. The molecule has 0 bridgehead atoms. The van der Waals surface area contributed by atoms with Gasteiger partial charge in [-0.15, -0.1) is 0 Å². The first-order valence-electron chi connectivity index (χ1n) is 8.74. The van der Waals surface area contributed by atoms with Crippen LogP contribution in [0.15, 0.2) is 36.5 Å². The second-order valence-electron chi connectivity index (χ2n) is 6.78. The molecular formula is C19H24N4. The maximum absolute atomic E-state index is 6.05. The molecule has 4 nitrogen and oxygen atoms in total. The lowest BCUT2D eigenvalue weighted by Crippen LogP contribution is -2.40. The summed E-state index contributed by atoms with van der Waals surface area (Å²) in [6.45, 7) is 2.05. The molecule has 1 aliphatic heterocycles. The van der Waals surface area contributed by atoms with Gasteiger partial charge < -0.3 is 10.6 Å². The van der Waals surface area contributed by atoms with Gasteiger partial charge in [0, 0.05) is 30.6 Å². The van der Waals surface area contributed by atoms with Crippen LogP contribution in [0.2, 0.25) is 0 Å². The quantitative estimate of drug-likeness (QED) is 0.945. The minimum absolute atomic E-state index is 0.350. The lowest BCUT2D eigenvalue weighted by atomic mass is 9.82. The molecule has 1 saturated carbocycles. The summed E-state index contributed by atoms with van der Waals surface area (Å²) in [4.78, 5) is 12.1. The number of hydrogen-bond acceptors (Lipinski definition) is 4. The minimum atomic E-state index is 0.350. The Bertz CT molecular complexity index is 658. The fraction of sp³-hybridized carbons (Fsp3) is 0.474. The molecule has 0 unspecified atom stereocenters. The largest absolute Gasteiger partial charge is 0.369 e. The van der Waals surface area contributed by atoms with Gasteiger partial charge in [-0.2, -0.15) is 0 Å². The van der Waals surface area contributed by atoms with Crippen LogP contribution in [-0.4, -0.2) is 29.1 Å². The fourth-order valence-corrected chi connectivity index (χ4v) is 3.48. The molecule has 1 aromatic carbocycles. The first-order chi connectivity index (χ1) is 11.3. The highest BCUT2D eigenvalue weighted by Crippen LogP contribution is 2.40. The summed E-state index contributed by atoms with van der Waals surface area (Å²) < 4.78 is 0. The van der Waals surface area contributed by atoms with Gasteiger partial charge in [-0.25, -0.2) is 9.97 Å². The number of hydrogen-bond donors (Lipinski definition) is 1. The predicted octanol–water partition coefficient (Wildman–Crippen LogP) is 3.34. The van der Waals surface area contributed by atoms with E-state index in [1.54, 1.807) is 0 Å². The third-order valence-electron chi connectivity index (χ3n) is 5.20. The molecule has 0 atom stereocenters. The lowest BCUT2D eigenvalue weighted by molar-refractivity contribution is 0.408. The zero-order valence-electron chi connectivity index (χ0n) is 13.5. The Morgan fingerprint density at radius 1 is 1.00 bits per heavy atom. The van der Waals surface area contributed by atoms with Crippen molar-refractivity contribution < 1.29 is 0 Å². The van der Waals surface area contributed by atoms with E-state index in [0.717, 1.165) is 37.3 Å². The smallest absolute Gasteiger partial charge is 0.159 e. The second-order valence-corrected chi connectivity index (χ2v) is 6.78. The van der Waals surface area contributed by atoms with Crippen LogP contribution in [0.5, 0.6) is 0 Å². The average molecular weight is 308 g/mol. The van der Waals surface area contributed by atoms with Crippen LogP contribution in [0.4, 0.5) is 5.69 Å². The fourth-order valence-electron chi connectivity index (χ4n) is 3.48. The zero-order chi connectivity index (χ0) is 15.6. The van der Waals surface area contributed by atoms with Gasteiger partial charge in [0.1, 0.15) is 0 Å². The topological polar surface area (TPSA) is 55.0 Å². The highest BCUT2D eigenvalue weighted by atomic mass is 15.2. The maximum Gasteiger partial charge on any atom is 0.159 e. The predicted molar refractivity (Wildman–Crippen MR) is 93.5 cm³/mol. The first kappa shape index (κ1) is 14.6. The van der Waals surface area contributed by atoms with Crippen molar-refractivity contribution in [2.45, 2.75) is 44.1 Å². The molecule has 0 spiro atoms. The number of nitrogens with zero attached hydrogens (tertiary/aromatic N) is 3. The molecular weight excluding hydrogens is 284 g/mol. The molecule has 1 aliphatic carbocycles. The van der Waals surface area contributed by atoms with Crippen molar-refractivity contribution in [3.8, 4) is 11.4 Å². The van der Waals surface area contributed by atoms with Crippen LogP contribution in [-0.2, 0) is 0 Å². The number of anilines is 1. The Balaban J connectivity index is 1.68. The first-order valence-corrected chi connectivity index (χ1v) is 8.74. The standard InChI is InChI=1S/C19H24N4/c20-16-9-11-23(12-10-16)17-13-21-19(15-5-2-1-3-6-15)22-18(17)14-7-4-8-14/h1-3,5-6,13-14,16H,4,7-12,20H2. The summed E-state index contributed by atoms with van der Waals surface area (Å²) in [6, 6.07) is 10.6. The Kier molecular flexibility index (Phi) is 4.00. The molecule has 23 heavy (non-hydrogen) atoms. The molecule has 120 valence electrons. The van der Waals surface area contributed by atoms with Gasteiger partial charge in [0.15, 0.2) is 5.82 Å². The summed E-state index contributed by atoms with van der Waals surface area (Å²) in [5, 5.41) is 0. The average Bonchev–Trinajstić information content (AvgIpc) is 2.55. The molecule has 2 aromatic rings. The maximum atomic E-state index is 6.05. The number of aromatic nitrogens is 2. The molecule has 2 fully saturated rings. The summed E-state index contributed by atoms with van der Waals surface area (Å²) in [6.07, 6.45) is 7.99. The van der Waals surface area contributed by atoms with Crippen molar-refractivity contribution in [1.29, 1.82) is 0 Å². The van der Waals surface area contributed by atoms with Gasteiger partial charge in [0.05, 0.1) is 17.6 Å². The van der Waals surface area contributed by atoms with Crippen molar-refractivity contribution in [2.24, 2.45) is 5.73 Å². The summed E-state index contributed by atoms with van der Waals surface area (Å²) >= 11 is 0. The van der Waals surface area contributed by atoms with E-state index >= 15 is 0 Å². The Morgan fingerprint density at radius 3 is 2.39 bits per heavy atom. The van der Waals surface area contributed by atoms with E-state index in [1.807, 2.05) is 24.4 Å². The van der Waals surface area contributed by atoms with E-state index in [1.165, 1.54) is 30.6 Å². The van der Waals surface area contributed by atoms with E-state index < -0.39 is 0 Å². The van der Waals surface area contributed by atoms with E-state index in [0.29, 0.717) is 12.0 Å². The van der Waals surface area contributed by atoms with Crippen LogP contribution in [0.25, 0.3) is 11.4 Å². The highest BCUT2D eigenvalue weighted by molar-refractivity contribution is 5.59. The molecule has 2 aliphatic rings. The molecule has 4 rings (SSSR count). The Morgan fingerprint density at radius 2 is 1.74 bits per heavy atom. The van der Waals surface area contributed by atoms with Crippen molar-refractivity contribution >= 4 is 5.69 Å². The second kappa shape index (κ2) is 6.28. The van der Waals surface area contributed by atoms with E-state index in [2.05, 4.69) is 22.0 Å². The van der Waals surface area contributed by atoms with Crippen molar-refractivity contribution in [1.82, 2.24) is 9.97 Å². The molecule has 0 radical (unpaired) electrons. The summed E-state index contributed by atoms with van der Waals surface area (Å²) in [5.41, 5.74) is 9.64. The number of nitrogens with two attached hydrogens (primary N) is 1. The van der Waals surface area contributed by atoms with Crippen molar-refractivity contribution in [3.05, 3.63) is 42.2 Å². The molecule has 4 heteroatoms. The van der Waals surface area contributed by atoms with Crippen LogP contribution >= 0.6 is 0 Å². The highest BCUT2D eigenvalue weighted by Gasteiger charge is 2.28. The van der Waals surface area contributed by atoms with Crippen LogP contribution in [0.3, 0.4) is 0 Å². The minimum Gasteiger partial charge on any atom is -0.369 e. The Labute approximate surface area is 137 Å². The Hall–Kier alpha value is -1.94. The lowest BCUT2D eigenvalue weighted by Gasteiger charge is -2.35. The van der Waals surface area contributed by atoms with Crippen LogP contribution < -0.4 is 10.6 Å². The molecule has 1 saturated heterocycles. The van der Waals surface area contributed by atoms with Gasteiger partial charge in [-0.05, 0) is 25.7 Å². The monoisotopic (exact) mass is 308 g/mol. The molecule has 2 N–H and O–H groups in total. The summed E-state index contributed by atoms with van der Waals surface area (Å²) in [5.74, 6) is 1.45. The number of rotatable bonds is 3. The van der Waals surface area contributed by atoms with E-state index in [4.69, 9.17) is 10.7 Å². The number of piperidine rings is 1. The third kappa shape index (κ3) is 2.95. The van der Waals surface area contributed by atoms with Crippen molar-refractivity contribution in [3.63, 3.8) is 0 Å². The van der Waals surface area contributed by atoms with Gasteiger partial charge in [0.2, 0.25) is 0 Å². The van der Waals surface area contributed by atoms with Crippen molar-refractivity contribution in [2.75, 3.05) is 18.0 Å².